The molecule has 2 amide bonds. The minimum absolute atomic E-state index is 0.0150. The molecule has 26 heavy (non-hydrogen) atoms. The number of carbonyl (C=O) groups is 2. The van der Waals surface area contributed by atoms with E-state index >= 15 is 0 Å². The first-order chi connectivity index (χ1) is 12.5. The molecule has 6 heteroatoms. The van der Waals surface area contributed by atoms with Crippen molar-refractivity contribution in [3.05, 3.63) is 23.0 Å². The highest BCUT2D eigenvalue weighted by Gasteiger charge is 2.35. The van der Waals surface area contributed by atoms with Gasteiger partial charge in [0.15, 0.2) is 0 Å². The summed E-state index contributed by atoms with van der Waals surface area (Å²) in [5, 5.41) is 3.01. The van der Waals surface area contributed by atoms with Gasteiger partial charge in [0, 0.05) is 36.3 Å². The van der Waals surface area contributed by atoms with E-state index in [0.29, 0.717) is 32.0 Å². The van der Waals surface area contributed by atoms with Gasteiger partial charge in [-0.1, -0.05) is 12.8 Å². The van der Waals surface area contributed by atoms with Crippen molar-refractivity contribution in [3.63, 3.8) is 0 Å². The summed E-state index contributed by atoms with van der Waals surface area (Å²) in [4.78, 5) is 31.3. The number of nitrogens with zero attached hydrogens (tertiary/aromatic N) is 2. The van der Waals surface area contributed by atoms with Gasteiger partial charge in [-0.2, -0.15) is 0 Å². The van der Waals surface area contributed by atoms with Crippen molar-refractivity contribution in [2.24, 2.45) is 5.92 Å². The van der Waals surface area contributed by atoms with Crippen molar-refractivity contribution in [2.45, 2.75) is 65.0 Å². The molecule has 1 aromatic heterocycles. The third-order valence-corrected chi connectivity index (χ3v) is 5.76. The van der Waals surface area contributed by atoms with Crippen molar-refractivity contribution in [1.82, 2.24) is 15.2 Å². The lowest BCUT2D eigenvalue weighted by molar-refractivity contribution is -0.140. The molecule has 3 rings (SSSR count). The van der Waals surface area contributed by atoms with Crippen LogP contribution in [0.3, 0.4) is 0 Å². The highest BCUT2D eigenvalue weighted by atomic mass is 16.5. The minimum Gasteiger partial charge on any atom is -0.496 e. The van der Waals surface area contributed by atoms with Crippen LogP contribution in [0.25, 0.3) is 0 Å². The molecule has 2 fully saturated rings. The second-order valence-electron chi connectivity index (χ2n) is 7.48. The number of nitrogens with one attached hydrogen (secondary N) is 1. The van der Waals surface area contributed by atoms with E-state index in [0.717, 1.165) is 35.4 Å². The zero-order valence-corrected chi connectivity index (χ0v) is 16.0. The molecule has 1 aliphatic heterocycles. The lowest BCUT2D eigenvalue weighted by Gasteiger charge is -2.36. The van der Waals surface area contributed by atoms with Gasteiger partial charge in [-0.3, -0.25) is 14.6 Å². The summed E-state index contributed by atoms with van der Waals surface area (Å²) in [6.07, 6.45) is 7.41. The first-order valence-corrected chi connectivity index (χ1v) is 9.57. The molecule has 1 N–H and O–H groups in total. The van der Waals surface area contributed by atoms with Crippen LogP contribution in [0.5, 0.6) is 5.75 Å². The number of amides is 2. The van der Waals surface area contributed by atoms with E-state index in [-0.39, 0.29) is 17.7 Å². The van der Waals surface area contributed by atoms with Crippen LogP contribution >= 0.6 is 0 Å². The van der Waals surface area contributed by atoms with Gasteiger partial charge in [-0.15, -0.1) is 0 Å². The van der Waals surface area contributed by atoms with Crippen LogP contribution in [0.1, 0.15) is 55.3 Å². The Bertz CT molecular complexity index is 683. The van der Waals surface area contributed by atoms with Crippen molar-refractivity contribution in [1.29, 1.82) is 0 Å². The van der Waals surface area contributed by atoms with Gasteiger partial charge in [0.25, 0.3) is 0 Å². The number of likely N-dealkylation sites (tertiary alicyclic amines) is 1. The first kappa shape index (κ1) is 18.7. The van der Waals surface area contributed by atoms with E-state index in [1.165, 1.54) is 12.8 Å². The van der Waals surface area contributed by atoms with Gasteiger partial charge in [0.1, 0.15) is 5.75 Å². The average Bonchev–Trinajstić information content (AvgIpc) is 3.16. The van der Waals surface area contributed by atoms with Crippen LogP contribution in [-0.4, -0.2) is 41.4 Å². The van der Waals surface area contributed by atoms with E-state index < -0.39 is 0 Å². The fourth-order valence-corrected chi connectivity index (χ4v) is 4.22. The van der Waals surface area contributed by atoms with Crippen molar-refractivity contribution >= 4 is 11.8 Å². The third-order valence-electron chi connectivity index (χ3n) is 5.76. The maximum absolute atomic E-state index is 12.7. The smallest absolute Gasteiger partial charge is 0.225 e. The lowest BCUT2D eigenvalue weighted by atomic mass is 9.94. The molecule has 0 bridgehead atoms. The molecule has 1 aromatic rings. The van der Waals surface area contributed by atoms with Gasteiger partial charge < -0.3 is 15.0 Å². The molecule has 1 aliphatic carbocycles. The molecular weight excluding hydrogens is 330 g/mol. The van der Waals surface area contributed by atoms with E-state index in [4.69, 9.17) is 4.74 Å². The number of methoxy groups -OCH3 is 1. The Labute approximate surface area is 155 Å². The van der Waals surface area contributed by atoms with Crippen LogP contribution < -0.4 is 10.1 Å². The van der Waals surface area contributed by atoms with Gasteiger partial charge in [-0.25, -0.2) is 0 Å². The second kappa shape index (κ2) is 8.06. The number of aryl methyl sites for hydroxylation is 1. The molecule has 142 valence electrons. The lowest BCUT2D eigenvalue weighted by Crippen LogP contribution is -2.49. The summed E-state index contributed by atoms with van der Waals surface area (Å²) in [6, 6.07) is 0.336. The van der Waals surface area contributed by atoms with Crippen molar-refractivity contribution in [2.75, 3.05) is 13.7 Å². The number of hydrogen-bond acceptors (Lipinski definition) is 4. The zero-order valence-electron chi connectivity index (χ0n) is 16.0. The molecule has 2 heterocycles. The fraction of sp³-hybridized carbons (Fsp3) is 0.650. The predicted octanol–water partition coefficient (Wildman–Crippen LogP) is 2.50. The molecule has 0 spiro atoms. The van der Waals surface area contributed by atoms with Crippen LogP contribution in [0, 0.1) is 19.8 Å². The van der Waals surface area contributed by atoms with Crippen LogP contribution in [0.15, 0.2) is 6.20 Å². The number of rotatable bonds is 5. The Kier molecular flexibility index (Phi) is 5.79. The van der Waals surface area contributed by atoms with Crippen molar-refractivity contribution in [3.8, 4) is 5.75 Å². The van der Waals surface area contributed by atoms with Gasteiger partial charge >= 0.3 is 0 Å². The number of piperidine rings is 1. The van der Waals surface area contributed by atoms with E-state index in [1.807, 2.05) is 18.7 Å². The third kappa shape index (κ3) is 3.84. The molecule has 2 aliphatic rings. The molecule has 6 nitrogen and oxygen atoms in total. The first-order valence-electron chi connectivity index (χ1n) is 9.57. The number of carbonyl (C=O) groups excluding carboxylic acids is 2. The summed E-state index contributed by atoms with van der Waals surface area (Å²) in [5.74, 6) is 0.920. The number of ether oxygens (including phenoxy) is 1. The topological polar surface area (TPSA) is 71.5 Å². The largest absolute Gasteiger partial charge is 0.496 e. The Morgan fingerprint density at radius 3 is 2.73 bits per heavy atom. The quantitative estimate of drug-likeness (QED) is 0.877. The fourth-order valence-electron chi connectivity index (χ4n) is 4.22. The number of aromatic nitrogens is 1. The maximum Gasteiger partial charge on any atom is 0.225 e. The summed E-state index contributed by atoms with van der Waals surface area (Å²) >= 11 is 0. The SMILES string of the molecule is COc1c(C)cnc(CNC(=O)C2CCC(=O)N(C3CCCC3)C2)c1C. The Morgan fingerprint density at radius 1 is 1.31 bits per heavy atom. The highest BCUT2D eigenvalue weighted by Crippen LogP contribution is 2.29. The van der Waals surface area contributed by atoms with E-state index in [2.05, 4.69) is 10.3 Å². The summed E-state index contributed by atoms with van der Waals surface area (Å²) in [7, 11) is 1.65. The van der Waals surface area contributed by atoms with Gasteiger partial charge in [0.05, 0.1) is 25.3 Å². The standard InChI is InChI=1S/C20H29N3O3/c1-13-10-21-17(14(2)19(13)26-3)11-22-20(25)15-8-9-18(24)23(12-15)16-6-4-5-7-16/h10,15-16H,4-9,11-12H2,1-3H3,(H,22,25). The van der Waals surface area contributed by atoms with Gasteiger partial charge in [0.2, 0.25) is 11.8 Å². The molecule has 0 radical (unpaired) electrons. The molecule has 1 atom stereocenters. The molecule has 1 saturated heterocycles. The normalized spacial score (nSPS) is 21.1. The Hall–Kier alpha value is -2.11. The maximum atomic E-state index is 12.7. The van der Waals surface area contributed by atoms with Crippen LogP contribution in [-0.2, 0) is 16.1 Å². The monoisotopic (exact) mass is 359 g/mol. The predicted molar refractivity (Wildman–Crippen MR) is 98.8 cm³/mol. The summed E-state index contributed by atoms with van der Waals surface area (Å²) in [5.41, 5.74) is 2.76. The molecule has 1 saturated carbocycles. The molecule has 1 unspecified atom stereocenters. The number of pyridine rings is 1. The van der Waals surface area contributed by atoms with Crippen molar-refractivity contribution < 1.29 is 14.3 Å². The zero-order chi connectivity index (χ0) is 18.7. The minimum atomic E-state index is -0.124. The van der Waals surface area contributed by atoms with Gasteiger partial charge in [-0.05, 0) is 33.1 Å². The summed E-state index contributed by atoms with van der Waals surface area (Å²) in [6.45, 7) is 4.85. The molecular formula is C20H29N3O3. The Morgan fingerprint density at radius 2 is 2.04 bits per heavy atom. The number of hydrogen-bond donors (Lipinski definition) is 1. The van der Waals surface area contributed by atoms with E-state index in [1.54, 1.807) is 13.3 Å². The second-order valence-corrected chi connectivity index (χ2v) is 7.48. The Balaban J connectivity index is 1.60. The average molecular weight is 359 g/mol. The summed E-state index contributed by atoms with van der Waals surface area (Å²) < 4.78 is 5.43. The van der Waals surface area contributed by atoms with Crippen LogP contribution in [0.2, 0.25) is 0 Å². The van der Waals surface area contributed by atoms with E-state index in [9.17, 15) is 9.59 Å². The molecule has 0 aromatic carbocycles. The van der Waals surface area contributed by atoms with Crippen LogP contribution in [0.4, 0.5) is 0 Å². The highest BCUT2D eigenvalue weighted by molar-refractivity contribution is 5.84.